The summed E-state index contributed by atoms with van der Waals surface area (Å²) in [7, 11) is 1.59. The summed E-state index contributed by atoms with van der Waals surface area (Å²) < 4.78 is 33.2. The molecule has 5 nitrogen and oxygen atoms in total. The maximum atomic E-state index is 14.0. The first-order valence-corrected chi connectivity index (χ1v) is 9.01. The third-order valence-electron chi connectivity index (χ3n) is 5.21. The van der Waals surface area contributed by atoms with Gasteiger partial charge in [0.2, 0.25) is 0 Å². The Hall–Kier alpha value is -3.32. The van der Waals surface area contributed by atoms with E-state index in [1.807, 2.05) is 18.2 Å². The molecule has 2 heterocycles. The number of aromatic amines is 1. The number of halogens is 2. The van der Waals surface area contributed by atoms with E-state index in [0.29, 0.717) is 22.4 Å². The number of nitrogens with zero attached hydrogens (tertiary/aromatic N) is 1. The van der Waals surface area contributed by atoms with Crippen LogP contribution in [-0.2, 0) is 16.1 Å². The Morgan fingerprint density at radius 2 is 1.83 bits per heavy atom. The van der Waals surface area contributed by atoms with E-state index in [0.717, 1.165) is 12.1 Å². The quantitative estimate of drug-likeness (QED) is 0.689. The Morgan fingerprint density at radius 1 is 1.17 bits per heavy atom. The zero-order valence-electron chi connectivity index (χ0n) is 15.7. The second-order valence-electron chi connectivity index (χ2n) is 6.95. The van der Waals surface area contributed by atoms with Gasteiger partial charge in [-0.1, -0.05) is 36.9 Å². The Balaban J connectivity index is 1.81. The van der Waals surface area contributed by atoms with Crippen molar-refractivity contribution in [2.45, 2.75) is 12.6 Å². The molecule has 0 radical (unpaired) electrons. The zero-order valence-corrected chi connectivity index (χ0v) is 15.7. The van der Waals surface area contributed by atoms with E-state index in [1.165, 1.54) is 4.90 Å². The van der Waals surface area contributed by atoms with Gasteiger partial charge >= 0.3 is 0 Å². The van der Waals surface area contributed by atoms with Gasteiger partial charge in [-0.25, -0.2) is 8.78 Å². The van der Waals surface area contributed by atoms with Crippen LogP contribution in [0.25, 0.3) is 16.3 Å². The van der Waals surface area contributed by atoms with Gasteiger partial charge < -0.3 is 14.6 Å². The highest BCUT2D eigenvalue weighted by molar-refractivity contribution is 6.18. The molecule has 4 rings (SSSR count). The SMILES string of the molecule is C=C(C(=O)N(C)[C@@H]1COCc2[nH]c(=O)c3cc(F)c(F)cc3c21)c1ccccc1. The average molecular weight is 396 g/mol. The van der Waals surface area contributed by atoms with Crippen LogP contribution in [0.1, 0.15) is 22.9 Å². The van der Waals surface area contributed by atoms with Crippen LogP contribution in [0.5, 0.6) is 0 Å². The number of amides is 1. The monoisotopic (exact) mass is 396 g/mol. The molecular weight excluding hydrogens is 378 g/mol. The molecule has 0 saturated carbocycles. The minimum absolute atomic E-state index is 0.0253. The number of aromatic nitrogens is 1. The van der Waals surface area contributed by atoms with E-state index in [4.69, 9.17) is 4.74 Å². The van der Waals surface area contributed by atoms with Gasteiger partial charge in [-0.3, -0.25) is 9.59 Å². The molecule has 1 aliphatic heterocycles. The lowest BCUT2D eigenvalue weighted by Gasteiger charge is -2.34. The van der Waals surface area contributed by atoms with Crippen LogP contribution in [0.15, 0.2) is 53.8 Å². The van der Waals surface area contributed by atoms with Gasteiger partial charge in [-0.15, -0.1) is 0 Å². The van der Waals surface area contributed by atoms with E-state index in [1.54, 1.807) is 19.2 Å². The van der Waals surface area contributed by atoms with Gasteiger partial charge in [-0.2, -0.15) is 0 Å². The molecule has 2 aromatic carbocycles. The number of benzene rings is 2. The molecular formula is C22H18F2N2O3. The maximum absolute atomic E-state index is 14.0. The molecule has 1 aliphatic rings. The van der Waals surface area contributed by atoms with E-state index in [-0.39, 0.29) is 29.9 Å². The molecule has 148 valence electrons. The Kier molecular flexibility index (Phi) is 4.76. The summed E-state index contributed by atoms with van der Waals surface area (Å²) >= 11 is 0. The summed E-state index contributed by atoms with van der Waals surface area (Å²) in [5, 5.41) is 0.290. The number of carbonyl (C=O) groups excluding carboxylic acids is 1. The molecule has 1 aromatic heterocycles. The first kappa shape index (κ1) is 19.0. The number of fused-ring (bicyclic) bond motifs is 3. The molecule has 0 spiro atoms. The van der Waals surface area contributed by atoms with E-state index < -0.39 is 23.2 Å². The molecule has 0 aliphatic carbocycles. The van der Waals surface area contributed by atoms with E-state index >= 15 is 0 Å². The number of nitrogens with one attached hydrogen (secondary N) is 1. The van der Waals surface area contributed by atoms with Gasteiger partial charge in [0.05, 0.1) is 24.6 Å². The Bertz CT molecular complexity index is 1190. The van der Waals surface area contributed by atoms with Crippen LogP contribution in [0, 0.1) is 11.6 Å². The second kappa shape index (κ2) is 7.25. The summed E-state index contributed by atoms with van der Waals surface area (Å²) in [6.07, 6.45) is 0. The molecule has 29 heavy (non-hydrogen) atoms. The number of rotatable bonds is 3. The Morgan fingerprint density at radius 3 is 2.52 bits per heavy atom. The highest BCUT2D eigenvalue weighted by Crippen LogP contribution is 2.34. The second-order valence-corrected chi connectivity index (χ2v) is 6.95. The predicted molar refractivity (Wildman–Crippen MR) is 105 cm³/mol. The predicted octanol–water partition coefficient (Wildman–Crippen LogP) is 3.55. The van der Waals surface area contributed by atoms with Gasteiger partial charge in [0.1, 0.15) is 0 Å². The molecule has 1 N–H and O–H groups in total. The van der Waals surface area contributed by atoms with Crippen LogP contribution in [0.2, 0.25) is 0 Å². The minimum atomic E-state index is -1.10. The van der Waals surface area contributed by atoms with Gasteiger partial charge in [-0.05, 0) is 23.1 Å². The third-order valence-corrected chi connectivity index (χ3v) is 5.21. The standard InChI is InChI=1S/C22H18F2N2O3/c1-12(13-6-4-3-5-7-13)22(28)26(2)19-11-29-10-18-20(19)14-8-16(23)17(24)9-15(14)21(27)25-18/h3-9,19H,1,10-11H2,2H3,(H,25,27)/t19-/m1/s1. The number of H-pyrrole nitrogens is 1. The summed E-state index contributed by atoms with van der Waals surface area (Å²) in [5.74, 6) is -2.49. The topological polar surface area (TPSA) is 62.4 Å². The van der Waals surface area contributed by atoms with Gasteiger partial charge in [0.15, 0.2) is 11.6 Å². The first-order valence-electron chi connectivity index (χ1n) is 9.01. The number of ether oxygens (including phenoxy) is 1. The lowest BCUT2D eigenvalue weighted by Crippen LogP contribution is -2.37. The summed E-state index contributed by atoms with van der Waals surface area (Å²) in [6.45, 7) is 4.16. The molecule has 0 unspecified atom stereocenters. The van der Waals surface area contributed by atoms with Crippen molar-refractivity contribution in [3.05, 3.63) is 87.9 Å². The largest absolute Gasteiger partial charge is 0.373 e. The van der Waals surface area contributed by atoms with Crippen molar-refractivity contribution < 1.29 is 18.3 Å². The fourth-order valence-corrected chi connectivity index (χ4v) is 3.66. The molecule has 0 saturated heterocycles. The van der Waals surface area contributed by atoms with Crippen molar-refractivity contribution in [3.8, 4) is 0 Å². The summed E-state index contributed by atoms with van der Waals surface area (Å²) in [4.78, 5) is 29.5. The minimum Gasteiger partial charge on any atom is -0.373 e. The number of hydrogen-bond acceptors (Lipinski definition) is 3. The van der Waals surface area contributed by atoms with Gasteiger partial charge in [0.25, 0.3) is 11.5 Å². The fourth-order valence-electron chi connectivity index (χ4n) is 3.66. The van der Waals surface area contributed by atoms with Crippen LogP contribution in [-0.4, -0.2) is 29.4 Å². The molecule has 1 amide bonds. The van der Waals surface area contributed by atoms with Gasteiger partial charge in [0, 0.05) is 23.9 Å². The summed E-state index contributed by atoms with van der Waals surface area (Å²) in [6, 6.07) is 10.3. The lowest BCUT2D eigenvalue weighted by atomic mass is 9.94. The molecule has 0 bridgehead atoms. The highest BCUT2D eigenvalue weighted by Gasteiger charge is 2.32. The number of hydrogen-bond donors (Lipinski definition) is 1. The van der Waals surface area contributed by atoms with E-state index in [9.17, 15) is 18.4 Å². The van der Waals surface area contributed by atoms with Crippen molar-refractivity contribution in [1.29, 1.82) is 0 Å². The van der Waals surface area contributed by atoms with E-state index in [2.05, 4.69) is 11.6 Å². The molecule has 7 heteroatoms. The number of carbonyl (C=O) groups is 1. The fraction of sp³-hybridized carbons (Fsp3) is 0.182. The smallest absolute Gasteiger partial charge is 0.256 e. The van der Waals surface area contributed by atoms with Crippen molar-refractivity contribution in [3.63, 3.8) is 0 Å². The maximum Gasteiger partial charge on any atom is 0.256 e. The summed E-state index contributed by atoms with van der Waals surface area (Å²) in [5.41, 5.74) is 1.42. The zero-order chi connectivity index (χ0) is 20.7. The van der Waals surface area contributed by atoms with Crippen molar-refractivity contribution in [2.75, 3.05) is 13.7 Å². The molecule has 0 fully saturated rings. The highest BCUT2D eigenvalue weighted by atomic mass is 19.2. The third kappa shape index (κ3) is 3.23. The van der Waals surface area contributed by atoms with Crippen molar-refractivity contribution in [2.24, 2.45) is 0 Å². The van der Waals surface area contributed by atoms with Crippen molar-refractivity contribution >= 4 is 22.3 Å². The average Bonchev–Trinajstić information content (AvgIpc) is 2.73. The van der Waals surface area contributed by atoms with Crippen LogP contribution in [0.4, 0.5) is 8.78 Å². The number of pyridine rings is 1. The normalized spacial score (nSPS) is 15.8. The number of likely N-dealkylation sites (N-methyl/N-ethyl adjacent to an activating group) is 1. The van der Waals surface area contributed by atoms with Crippen molar-refractivity contribution in [1.82, 2.24) is 9.88 Å². The van der Waals surface area contributed by atoms with Crippen LogP contribution < -0.4 is 5.56 Å². The lowest BCUT2D eigenvalue weighted by molar-refractivity contribution is -0.127. The van der Waals surface area contributed by atoms with Crippen LogP contribution >= 0.6 is 0 Å². The molecule has 1 atom stereocenters. The first-order chi connectivity index (χ1) is 13.9. The Labute approximate surface area is 165 Å². The molecule has 3 aromatic rings. The van der Waals surface area contributed by atoms with Crippen LogP contribution in [0.3, 0.4) is 0 Å².